The van der Waals surface area contributed by atoms with Crippen molar-refractivity contribution in [3.8, 4) is 0 Å². The molecule has 1 atom stereocenters. The molecule has 1 aliphatic carbocycles. The molecular formula is C15H26FN. The minimum atomic E-state index is 0.0134. The fourth-order valence-electron chi connectivity index (χ4n) is 2.51. The van der Waals surface area contributed by atoms with Crippen molar-refractivity contribution in [2.75, 3.05) is 19.6 Å². The van der Waals surface area contributed by atoms with Crippen LogP contribution < -0.4 is 0 Å². The van der Waals surface area contributed by atoms with Crippen LogP contribution in [0.25, 0.3) is 0 Å². The van der Waals surface area contributed by atoms with Crippen LogP contribution in [0.5, 0.6) is 0 Å². The van der Waals surface area contributed by atoms with Gasteiger partial charge < -0.3 is 0 Å². The molecule has 0 spiro atoms. The number of hydrogen-bond donors (Lipinski definition) is 0. The summed E-state index contributed by atoms with van der Waals surface area (Å²) < 4.78 is 13.5. The highest BCUT2D eigenvalue weighted by Gasteiger charge is 2.18. The van der Waals surface area contributed by atoms with Crippen molar-refractivity contribution in [3.63, 3.8) is 0 Å². The van der Waals surface area contributed by atoms with Crippen molar-refractivity contribution in [1.29, 1.82) is 0 Å². The van der Waals surface area contributed by atoms with Crippen molar-refractivity contribution < 1.29 is 4.39 Å². The lowest BCUT2D eigenvalue weighted by atomic mass is 9.98. The second-order valence-electron chi connectivity index (χ2n) is 4.84. The summed E-state index contributed by atoms with van der Waals surface area (Å²) in [5.74, 6) is 0.787. The normalized spacial score (nSPS) is 25.5. The Balaban J connectivity index is 0.000000686. The Bertz CT molecular complexity index is 281. The Kier molecular flexibility index (Phi) is 6.49. The van der Waals surface area contributed by atoms with Crippen molar-refractivity contribution >= 4 is 0 Å². The molecule has 0 saturated carbocycles. The highest BCUT2D eigenvalue weighted by Crippen LogP contribution is 2.23. The van der Waals surface area contributed by atoms with Gasteiger partial charge in [0, 0.05) is 13.1 Å². The highest BCUT2D eigenvalue weighted by molar-refractivity contribution is 5.29. The van der Waals surface area contributed by atoms with Gasteiger partial charge in [0.1, 0.15) is 5.83 Å². The summed E-state index contributed by atoms with van der Waals surface area (Å²) in [7, 11) is 0. The molecule has 17 heavy (non-hydrogen) atoms. The molecule has 98 valence electrons. The van der Waals surface area contributed by atoms with Crippen molar-refractivity contribution in [3.05, 3.63) is 23.6 Å². The molecule has 1 unspecified atom stereocenters. The van der Waals surface area contributed by atoms with E-state index in [9.17, 15) is 4.39 Å². The van der Waals surface area contributed by atoms with Gasteiger partial charge in [-0.25, -0.2) is 4.39 Å². The van der Waals surface area contributed by atoms with Gasteiger partial charge in [-0.1, -0.05) is 26.8 Å². The monoisotopic (exact) mass is 239 g/mol. The quantitative estimate of drug-likeness (QED) is 0.693. The van der Waals surface area contributed by atoms with E-state index in [1.807, 2.05) is 13.8 Å². The summed E-state index contributed by atoms with van der Waals surface area (Å²) in [5, 5.41) is 0. The predicted octanol–water partition coefficient (Wildman–Crippen LogP) is 4.32. The van der Waals surface area contributed by atoms with E-state index in [1.165, 1.54) is 12.8 Å². The van der Waals surface area contributed by atoms with Gasteiger partial charge in [0.2, 0.25) is 0 Å². The standard InChI is InChI=1S/C13H20FN.C2H6/c1-11-5-4-8-15(9-11)10-12-6-2-3-7-13(12)14;1-2/h6-7,11H,2-5,8-10H2,1H3;1-2H3. The third-order valence-electron chi connectivity index (χ3n) is 3.32. The van der Waals surface area contributed by atoms with Crippen LogP contribution >= 0.6 is 0 Å². The Hall–Kier alpha value is -0.630. The summed E-state index contributed by atoms with van der Waals surface area (Å²) in [6.45, 7) is 9.36. The fraction of sp³-hybridized carbons (Fsp3) is 0.733. The fourth-order valence-corrected chi connectivity index (χ4v) is 2.51. The van der Waals surface area contributed by atoms with E-state index in [0.29, 0.717) is 0 Å². The van der Waals surface area contributed by atoms with Gasteiger partial charge in [-0.2, -0.15) is 0 Å². The summed E-state index contributed by atoms with van der Waals surface area (Å²) in [4.78, 5) is 2.39. The Morgan fingerprint density at radius 3 is 2.65 bits per heavy atom. The zero-order valence-corrected chi connectivity index (χ0v) is 11.5. The molecule has 0 aromatic rings. The first-order valence-electron chi connectivity index (χ1n) is 7.03. The minimum absolute atomic E-state index is 0.0134. The van der Waals surface area contributed by atoms with Crippen LogP contribution in [-0.2, 0) is 0 Å². The number of allylic oxidation sites excluding steroid dienone is 2. The highest BCUT2D eigenvalue weighted by atomic mass is 19.1. The second kappa shape index (κ2) is 7.65. The first-order chi connectivity index (χ1) is 8.25. The first kappa shape index (κ1) is 14.4. The molecule has 1 fully saturated rings. The Morgan fingerprint density at radius 1 is 1.29 bits per heavy atom. The topological polar surface area (TPSA) is 3.24 Å². The summed E-state index contributed by atoms with van der Waals surface area (Å²) in [6, 6.07) is 0. The van der Waals surface area contributed by atoms with Gasteiger partial charge in [0.05, 0.1) is 0 Å². The number of hydrogen-bond acceptors (Lipinski definition) is 1. The molecule has 2 aliphatic rings. The third-order valence-corrected chi connectivity index (χ3v) is 3.32. The maximum Gasteiger partial charge on any atom is 0.123 e. The number of piperidine rings is 1. The average Bonchev–Trinajstić information content (AvgIpc) is 2.35. The molecule has 0 aromatic heterocycles. The van der Waals surface area contributed by atoms with E-state index < -0.39 is 0 Å². The van der Waals surface area contributed by atoms with E-state index >= 15 is 0 Å². The van der Waals surface area contributed by atoms with Crippen molar-refractivity contribution in [1.82, 2.24) is 4.90 Å². The molecule has 0 N–H and O–H groups in total. The molecule has 2 heteroatoms. The molecule has 0 bridgehead atoms. The molecule has 0 radical (unpaired) electrons. The third kappa shape index (κ3) is 4.63. The predicted molar refractivity (Wildman–Crippen MR) is 72.7 cm³/mol. The van der Waals surface area contributed by atoms with Gasteiger partial charge in [-0.15, -0.1) is 0 Å². The summed E-state index contributed by atoms with van der Waals surface area (Å²) in [6.07, 6.45) is 8.25. The van der Waals surface area contributed by atoms with Crippen LogP contribution in [0.2, 0.25) is 0 Å². The first-order valence-corrected chi connectivity index (χ1v) is 7.03. The zero-order valence-electron chi connectivity index (χ0n) is 11.5. The molecular weight excluding hydrogens is 213 g/mol. The zero-order chi connectivity index (χ0) is 12.7. The molecule has 1 saturated heterocycles. The Morgan fingerprint density at radius 2 is 2.00 bits per heavy atom. The van der Waals surface area contributed by atoms with Gasteiger partial charge in [0.25, 0.3) is 0 Å². The molecule has 2 rings (SSSR count). The summed E-state index contributed by atoms with van der Waals surface area (Å²) in [5.41, 5.74) is 0.912. The smallest absolute Gasteiger partial charge is 0.123 e. The SMILES string of the molecule is CC.CC1CCCN(CC2=CCCC=C2F)C1. The van der Waals surface area contributed by atoms with E-state index in [1.54, 1.807) is 6.08 Å². The lowest BCUT2D eigenvalue weighted by Gasteiger charge is -2.31. The van der Waals surface area contributed by atoms with Crippen LogP contribution in [0.15, 0.2) is 23.6 Å². The van der Waals surface area contributed by atoms with Crippen LogP contribution in [0, 0.1) is 5.92 Å². The van der Waals surface area contributed by atoms with Crippen LogP contribution in [0.4, 0.5) is 4.39 Å². The number of nitrogens with zero attached hydrogens (tertiary/aromatic N) is 1. The maximum atomic E-state index is 13.5. The molecule has 0 aromatic carbocycles. The van der Waals surface area contributed by atoms with Crippen LogP contribution in [0.1, 0.15) is 46.5 Å². The average molecular weight is 239 g/mol. The number of halogens is 1. The van der Waals surface area contributed by atoms with Gasteiger partial charge in [-0.05, 0) is 49.8 Å². The van der Waals surface area contributed by atoms with Crippen molar-refractivity contribution in [2.24, 2.45) is 5.92 Å². The van der Waals surface area contributed by atoms with E-state index in [0.717, 1.165) is 44.0 Å². The number of rotatable bonds is 2. The van der Waals surface area contributed by atoms with Crippen LogP contribution in [0.3, 0.4) is 0 Å². The van der Waals surface area contributed by atoms with Gasteiger partial charge in [-0.3, -0.25) is 4.90 Å². The molecule has 1 nitrogen and oxygen atoms in total. The number of likely N-dealkylation sites (tertiary alicyclic amines) is 1. The lowest BCUT2D eigenvalue weighted by Crippen LogP contribution is -2.35. The van der Waals surface area contributed by atoms with Crippen molar-refractivity contribution in [2.45, 2.75) is 46.5 Å². The largest absolute Gasteiger partial charge is 0.299 e. The summed E-state index contributed by atoms with van der Waals surface area (Å²) >= 11 is 0. The molecule has 0 amide bonds. The van der Waals surface area contributed by atoms with Gasteiger partial charge >= 0.3 is 0 Å². The minimum Gasteiger partial charge on any atom is -0.299 e. The van der Waals surface area contributed by atoms with Crippen LogP contribution in [-0.4, -0.2) is 24.5 Å². The van der Waals surface area contributed by atoms with E-state index in [4.69, 9.17) is 0 Å². The van der Waals surface area contributed by atoms with Gasteiger partial charge in [0.15, 0.2) is 0 Å². The Labute approximate surface area is 105 Å². The maximum absolute atomic E-state index is 13.5. The van der Waals surface area contributed by atoms with E-state index in [2.05, 4.69) is 17.9 Å². The molecule has 1 aliphatic heterocycles. The van der Waals surface area contributed by atoms with E-state index in [-0.39, 0.29) is 5.83 Å². The lowest BCUT2D eigenvalue weighted by molar-refractivity contribution is 0.197. The molecule has 1 heterocycles. The second-order valence-corrected chi connectivity index (χ2v) is 4.84.